The molecule has 3 fully saturated rings. The predicted molar refractivity (Wildman–Crippen MR) is 155 cm³/mol. The quantitative estimate of drug-likeness (QED) is 0.363. The van der Waals surface area contributed by atoms with Gasteiger partial charge in [0, 0.05) is 35.7 Å². The predicted octanol–water partition coefficient (Wildman–Crippen LogP) is 5.85. The Hall–Kier alpha value is -3.00. The summed E-state index contributed by atoms with van der Waals surface area (Å²) in [5.74, 6) is 1.03. The largest absolute Gasteiger partial charge is 0.480 e. The molecule has 0 radical (unpaired) electrons. The van der Waals surface area contributed by atoms with Crippen LogP contribution in [-0.2, 0) is 22.4 Å². The molecular formula is C31H36N4O3S. The minimum atomic E-state index is -0.943. The van der Waals surface area contributed by atoms with E-state index in [1.165, 1.54) is 12.8 Å². The first-order valence-electron chi connectivity index (χ1n) is 14.3. The molecule has 2 heterocycles. The normalized spacial score (nSPS) is 22.5. The number of thioether (sulfide) groups is 1. The molecule has 3 aromatic rings. The molecule has 3 aliphatic carbocycles. The molecule has 0 aliphatic heterocycles. The standard InChI is InChI=1S/C31H36N4O3S/c1-19(2)39-26-27(31(28(26)36)14-4-3-5-15-31)34-24(30(37)38)17-20-10-12-22(13-11-20)35-25(18-21-8-9-21)33-23-7-6-16-32-29(23)35/h6-7,10-13,16,19,21,24,26H,3-5,8-9,14-15,17-18H2,1-2H3,(H,37,38)/t24-,26?/m0/s1. The van der Waals surface area contributed by atoms with Gasteiger partial charge < -0.3 is 5.11 Å². The number of hydrogen-bond donors (Lipinski definition) is 1. The van der Waals surface area contributed by atoms with E-state index in [9.17, 15) is 14.7 Å². The number of carbonyl (C=O) groups excluding carboxylic acids is 1. The van der Waals surface area contributed by atoms with E-state index in [-0.39, 0.29) is 16.3 Å². The molecule has 1 unspecified atom stereocenters. The van der Waals surface area contributed by atoms with Crippen LogP contribution in [-0.4, -0.2) is 53.6 Å². The molecule has 1 aromatic carbocycles. The van der Waals surface area contributed by atoms with Gasteiger partial charge in [0.2, 0.25) is 0 Å². The highest BCUT2D eigenvalue weighted by atomic mass is 32.2. The number of Topliss-reactive ketones (excluding diaryl/α,β-unsaturated/α-hetero) is 1. The number of nitrogens with zero attached hydrogens (tertiary/aromatic N) is 4. The first-order chi connectivity index (χ1) is 18.9. The van der Waals surface area contributed by atoms with Crippen molar-refractivity contribution in [1.82, 2.24) is 14.5 Å². The lowest BCUT2D eigenvalue weighted by Gasteiger charge is -2.50. The first kappa shape index (κ1) is 26.2. The molecule has 0 amide bonds. The smallest absolute Gasteiger partial charge is 0.328 e. The number of rotatable bonds is 9. The zero-order chi connectivity index (χ0) is 27.1. The van der Waals surface area contributed by atoms with Crippen LogP contribution >= 0.6 is 11.8 Å². The van der Waals surface area contributed by atoms with E-state index in [4.69, 9.17) is 9.98 Å². The molecule has 3 aliphatic rings. The van der Waals surface area contributed by atoms with Gasteiger partial charge >= 0.3 is 5.97 Å². The summed E-state index contributed by atoms with van der Waals surface area (Å²) in [6, 6.07) is 11.0. The van der Waals surface area contributed by atoms with Crippen molar-refractivity contribution in [1.29, 1.82) is 0 Å². The third-order valence-corrected chi connectivity index (χ3v) is 9.67. The van der Waals surface area contributed by atoms with Gasteiger partial charge in [-0.25, -0.2) is 14.8 Å². The Bertz CT molecular complexity index is 1420. The van der Waals surface area contributed by atoms with Gasteiger partial charge in [0.1, 0.15) is 16.6 Å². The molecule has 0 bridgehead atoms. The number of carboxylic acid groups (broad SMARTS) is 1. The minimum absolute atomic E-state index is 0.260. The lowest BCUT2D eigenvalue weighted by Crippen LogP contribution is -2.62. The number of aromatic nitrogens is 3. The van der Waals surface area contributed by atoms with Gasteiger partial charge in [-0.2, -0.15) is 0 Å². The Morgan fingerprint density at radius 1 is 1.15 bits per heavy atom. The summed E-state index contributed by atoms with van der Waals surface area (Å²) in [4.78, 5) is 40.0. The Kier molecular flexibility index (Phi) is 7.08. The van der Waals surface area contributed by atoms with E-state index in [1.807, 2.05) is 36.4 Å². The monoisotopic (exact) mass is 544 g/mol. The van der Waals surface area contributed by atoms with Crippen LogP contribution in [0.15, 0.2) is 47.6 Å². The fourth-order valence-electron chi connectivity index (χ4n) is 6.23. The number of carboxylic acids is 1. The second kappa shape index (κ2) is 10.5. The summed E-state index contributed by atoms with van der Waals surface area (Å²) in [6.07, 6.45) is 10.3. The van der Waals surface area contributed by atoms with E-state index in [2.05, 4.69) is 23.4 Å². The van der Waals surface area contributed by atoms with E-state index in [0.717, 1.165) is 72.5 Å². The maximum atomic E-state index is 13.3. The van der Waals surface area contributed by atoms with Crippen molar-refractivity contribution in [3.8, 4) is 5.69 Å². The molecule has 3 saturated carbocycles. The number of imidazole rings is 1. The van der Waals surface area contributed by atoms with Crippen LogP contribution in [0.25, 0.3) is 16.9 Å². The van der Waals surface area contributed by atoms with Crippen molar-refractivity contribution in [3.05, 3.63) is 54.0 Å². The molecule has 7 nitrogen and oxygen atoms in total. The van der Waals surface area contributed by atoms with Crippen molar-refractivity contribution in [2.75, 3.05) is 0 Å². The fraction of sp³-hybridized carbons (Fsp3) is 0.516. The lowest BCUT2D eigenvalue weighted by atomic mass is 9.58. The number of hydrogen-bond acceptors (Lipinski definition) is 6. The van der Waals surface area contributed by atoms with Gasteiger partial charge in [0.15, 0.2) is 17.5 Å². The third kappa shape index (κ3) is 5.04. The molecule has 1 spiro atoms. The molecule has 2 aromatic heterocycles. The Morgan fingerprint density at radius 2 is 1.90 bits per heavy atom. The highest BCUT2D eigenvalue weighted by molar-refractivity contribution is 8.02. The number of carbonyl (C=O) groups is 2. The summed E-state index contributed by atoms with van der Waals surface area (Å²) in [5, 5.41) is 10.1. The molecule has 6 rings (SSSR count). The van der Waals surface area contributed by atoms with Crippen LogP contribution in [0.4, 0.5) is 0 Å². The van der Waals surface area contributed by atoms with Crippen LogP contribution < -0.4 is 0 Å². The second-order valence-electron chi connectivity index (χ2n) is 11.7. The van der Waals surface area contributed by atoms with Gasteiger partial charge in [-0.3, -0.25) is 14.4 Å². The highest BCUT2D eigenvalue weighted by Crippen LogP contribution is 2.51. The van der Waals surface area contributed by atoms with Crippen LogP contribution in [0, 0.1) is 11.3 Å². The van der Waals surface area contributed by atoms with E-state index in [1.54, 1.807) is 18.0 Å². The van der Waals surface area contributed by atoms with Crippen LogP contribution in [0.3, 0.4) is 0 Å². The number of aliphatic carboxylic acids is 1. The topological polar surface area (TPSA) is 97.4 Å². The van der Waals surface area contributed by atoms with Gasteiger partial charge in [0.25, 0.3) is 0 Å². The average molecular weight is 545 g/mol. The molecule has 204 valence electrons. The molecular weight excluding hydrogens is 508 g/mol. The average Bonchev–Trinajstić information content (AvgIpc) is 3.68. The van der Waals surface area contributed by atoms with E-state index in [0.29, 0.717) is 12.3 Å². The Labute approximate surface area is 233 Å². The summed E-state index contributed by atoms with van der Waals surface area (Å²) in [6.45, 7) is 4.15. The zero-order valence-corrected chi connectivity index (χ0v) is 23.5. The van der Waals surface area contributed by atoms with E-state index >= 15 is 0 Å². The maximum Gasteiger partial charge on any atom is 0.328 e. The van der Waals surface area contributed by atoms with Crippen LogP contribution in [0.2, 0.25) is 0 Å². The van der Waals surface area contributed by atoms with Crippen molar-refractivity contribution in [2.45, 2.75) is 88.2 Å². The molecule has 8 heteroatoms. The number of ketones is 1. The minimum Gasteiger partial charge on any atom is -0.480 e. The second-order valence-corrected chi connectivity index (χ2v) is 13.4. The first-order valence-corrected chi connectivity index (χ1v) is 15.2. The molecule has 2 atom stereocenters. The summed E-state index contributed by atoms with van der Waals surface area (Å²) in [7, 11) is 0. The summed E-state index contributed by atoms with van der Waals surface area (Å²) < 4.78 is 2.13. The summed E-state index contributed by atoms with van der Waals surface area (Å²) >= 11 is 1.61. The number of pyridine rings is 1. The van der Waals surface area contributed by atoms with Crippen molar-refractivity contribution < 1.29 is 14.7 Å². The number of aliphatic imine (C=N–C) groups is 1. The Morgan fingerprint density at radius 3 is 2.56 bits per heavy atom. The van der Waals surface area contributed by atoms with Gasteiger partial charge in [-0.05, 0) is 61.4 Å². The highest BCUT2D eigenvalue weighted by Gasteiger charge is 2.59. The SMILES string of the molecule is CC(C)SC1C(=O)C2(CCCCC2)C1=N[C@@H](Cc1ccc(-n2c(CC3CC3)nc3cccnc32)cc1)C(=O)O. The summed E-state index contributed by atoms with van der Waals surface area (Å²) in [5.41, 5.74) is 3.92. The van der Waals surface area contributed by atoms with E-state index < -0.39 is 17.4 Å². The zero-order valence-electron chi connectivity index (χ0n) is 22.7. The third-order valence-electron chi connectivity index (χ3n) is 8.42. The molecule has 1 N–H and O–H groups in total. The molecule has 0 saturated heterocycles. The number of benzene rings is 1. The van der Waals surface area contributed by atoms with Crippen molar-refractivity contribution in [2.24, 2.45) is 16.3 Å². The fourth-order valence-corrected chi connectivity index (χ4v) is 7.54. The van der Waals surface area contributed by atoms with Gasteiger partial charge in [-0.15, -0.1) is 11.8 Å². The Balaban J connectivity index is 1.27. The maximum absolute atomic E-state index is 13.3. The molecule has 39 heavy (non-hydrogen) atoms. The number of fused-ring (bicyclic) bond motifs is 1. The van der Waals surface area contributed by atoms with Crippen LogP contribution in [0.5, 0.6) is 0 Å². The lowest BCUT2D eigenvalue weighted by molar-refractivity contribution is -0.138. The van der Waals surface area contributed by atoms with Gasteiger partial charge in [0.05, 0.1) is 5.41 Å². The van der Waals surface area contributed by atoms with Gasteiger partial charge in [-0.1, -0.05) is 45.2 Å². The van der Waals surface area contributed by atoms with Crippen LogP contribution in [0.1, 0.15) is 70.2 Å². The van der Waals surface area contributed by atoms with Crippen molar-refractivity contribution >= 4 is 40.4 Å². The van der Waals surface area contributed by atoms with Crippen molar-refractivity contribution in [3.63, 3.8) is 0 Å².